The second-order valence-corrected chi connectivity index (χ2v) is 4.01. The lowest BCUT2D eigenvalue weighted by Gasteiger charge is -1.87. The summed E-state index contributed by atoms with van der Waals surface area (Å²) in [5, 5.41) is 0. The minimum atomic E-state index is 0.620. The maximum atomic E-state index is 3.72. The Kier molecular flexibility index (Phi) is 14.7. The van der Waals surface area contributed by atoms with Crippen LogP contribution in [-0.2, 0) is 0 Å². The Balaban J connectivity index is 3.55. The van der Waals surface area contributed by atoms with Gasteiger partial charge in [-0.25, -0.2) is 0 Å². The Morgan fingerprint density at radius 1 is 0.632 bits per heavy atom. The van der Waals surface area contributed by atoms with Crippen molar-refractivity contribution >= 4 is 0 Å². The first-order chi connectivity index (χ1) is 9.41. The SMILES string of the molecule is [CH2]CCC#CCC#CCC#CCC#CCCCCC. The predicted octanol–water partition coefficient (Wildman–Crippen LogP) is 4.36. The van der Waals surface area contributed by atoms with Gasteiger partial charge in [0.1, 0.15) is 0 Å². The van der Waals surface area contributed by atoms with Crippen molar-refractivity contribution in [2.24, 2.45) is 0 Å². The summed E-state index contributed by atoms with van der Waals surface area (Å²) < 4.78 is 0. The van der Waals surface area contributed by atoms with E-state index in [1.165, 1.54) is 19.3 Å². The highest BCUT2D eigenvalue weighted by molar-refractivity contribution is 5.18. The molecular weight excluding hydrogens is 228 g/mol. The molecule has 0 heterocycles. The van der Waals surface area contributed by atoms with Gasteiger partial charge in [0.05, 0.1) is 19.3 Å². The van der Waals surface area contributed by atoms with Crippen molar-refractivity contribution in [3.63, 3.8) is 0 Å². The van der Waals surface area contributed by atoms with E-state index in [4.69, 9.17) is 0 Å². The first-order valence-corrected chi connectivity index (χ1v) is 7.04. The van der Waals surface area contributed by atoms with E-state index >= 15 is 0 Å². The summed E-state index contributed by atoms with van der Waals surface area (Å²) in [4.78, 5) is 0. The molecule has 0 atom stereocenters. The van der Waals surface area contributed by atoms with Crippen LogP contribution in [0, 0.1) is 54.3 Å². The minimum absolute atomic E-state index is 0.620. The third-order valence-corrected chi connectivity index (χ3v) is 2.24. The Bertz CT molecular complexity index is 437. The van der Waals surface area contributed by atoms with Crippen molar-refractivity contribution in [1.29, 1.82) is 0 Å². The quantitative estimate of drug-likeness (QED) is 0.514. The summed E-state index contributed by atoms with van der Waals surface area (Å²) >= 11 is 0. The van der Waals surface area contributed by atoms with Gasteiger partial charge in [0.25, 0.3) is 0 Å². The van der Waals surface area contributed by atoms with Gasteiger partial charge in [0.15, 0.2) is 0 Å². The molecule has 0 aromatic carbocycles. The van der Waals surface area contributed by atoms with Crippen LogP contribution in [0.15, 0.2) is 0 Å². The molecule has 0 saturated carbocycles. The lowest BCUT2D eigenvalue weighted by Crippen LogP contribution is -1.71. The highest BCUT2D eigenvalue weighted by Gasteiger charge is 1.79. The smallest absolute Gasteiger partial charge is 0.0703 e. The van der Waals surface area contributed by atoms with Crippen molar-refractivity contribution in [3.05, 3.63) is 6.92 Å². The van der Waals surface area contributed by atoms with Crippen molar-refractivity contribution < 1.29 is 0 Å². The number of hydrogen-bond acceptors (Lipinski definition) is 0. The summed E-state index contributed by atoms with van der Waals surface area (Å²) in [6.45, 7) is 5.92. The second kappa shape index (κ2) is 16.2. The fourth-order valence-electron chi connectivity index (χ4n) is 1.24. The van der Waals surface area contributed by atoms with E-state index in [0.29, 0.717) is 19.3 Å². The van der Waals surface area contributed by atoms with Crippen LogP contribution in [-0.4, -0.2) is 0 Å². The largest absolute Gasteiger partial charge is 0.102 e. The summed E-state index contributed by atoms with van der Waals surface area (Å²) in [5.74, 6) is 24.2. The first kappa shape index (κ1) is 17.2. The maximum Gasteiger partial charge on any atom is 0.0703 e. The molecule has 0 aliphatic heterocycles. The second-order valence-electron chi connectivity index (χ2n) is 4.01. The minimum Gasteiger partial charge on any atom is -0.102 e. The standard InChI is InChI=1S/C19H23/c1-3-5-7-9-11-13-15-17-19-18-16-14-12-10-8-6-4-2/h1,3-6,8,10-11,16-17H2,2H3. The van der Waals surface area contributed by atoms with Crippen LogP contribution in [0.1, 0.15) is 64.7 Å². The van der Waals surface area contributed by atoms with Gasteiger partial charge in [-0.2, -0.15) is 0 Å². The molecule has 0 aromatic rings. The molecule has 0 nitrogen and oxygen atoms in total. The van der Waals surface area contributed by atoms with Gasteiger partial charge in [0, 0.05) is 12.8 Å². The van der Waals surface area contributed by atoms with E-state index in [0.717, 1.165) is 19.3 Å². The van der Waals surface area contributed by atoms with Gasteiger partial charge in [0.2, 0.25) is 0 Å². The van der Waals surface area contributed by atoms with Crippen molar-refractivity contribution in [3.8, 4) is 47.4 Å². The Morgan fingerprint density at radius 2 is 1.11 bits per heavy atom. The molecule has 0 unspecified atom stereocenters. The molecule has 0 aliphatic carbocycles. The van der Waals surface area contributed by atoms with E-state index in [1.54, 1.807) is 0 Å². The number of unbranched alkanes of at least 4 members (excludes halogenated alkanes) is 4. The van der Waals surface area contributed by atoms with E-state index < -0.39 is 0 Å². The number of hydrogen-bond donors (Lipinski definition) is 0. The Labute approximate surface area is 119 Å². The van der Waals surface area contributed by atoms with Crippen molar-refractivity contribution in [1.82, 2.24) is 0 Å². The van der Waals surface area contributed by atoms with Crippen molar-refractivity contribution in [2.45, 2.75) is 64.7 Å². The predicted molar refractivity (Wildman–Crippen MR) is 83.7 cm³/mol. The normalized spacial score (nSPS) is 7.68. The fraction of sp³-hybridized carbons (Fsp3) is 0.526. The molecule has 1 radical (unpaired) electrons. The fourth-order valence-corrected chi connectivity index (χ4v) is 1.24. The van der Waals surface area contributed by atoms with Gasteiger partial charge in [-0.15, -0.1) is 11.8 Å². The molecule has 0 aliphatic rings. The van der Waals surface area contributed by atoms with Crippen LogP contribution in [0.5, 0.6) is 0 Å². The lowest BCUT2D eigenvalue weighted by molar-refractivity contribution is 0.737. The van der Waals surface area contributed by atoms with E-state index in [-0.39, 0.29) is 0 Å². The van der Waals surface area contributed by atoms with Gasteiger partial charge in [-0.1, -0.05) is 62.2 Å². The van der Waals surface area contributed by atoms with Crippen LogP contribution in [0.4, 0.5) is 0 Å². The molecule has 0 spiro atoms. The molecule has 0 fully saturated rings. The van der Waals surface area contributed by atoms with E-state index in [2.05, 4.69) is 61.2 Å². The van der Waals surface area contributed by atoms with E-state index in [1.807, 2.05) is 0 Å². The molecule has 0 amide bonds. The third-order valence-electron chi connectivity index (χ3n) is 2.24. The maximum absolute atomic E-state index is 3.72. The Hall–Kier alpha value is -1.76. The lowest BCUT2D eigenvalue weighted by atomic mass is 10.2. The van der Waals surface area contributed by atoms with Crippen LogP contribution in [0.3, 0.4) is 0 Å². The Morgan fingerprint density at radius 3 is 1.58 bits per heavy atom. The molecule has 0 N–H and O–H groups in total. The highest BCUT2D eigenvalue weighted by atomic mass is 13.8. The van der Waals surface area contributed by atoms with Crippen LogP contribution < -0.4 is 0 Å². The van der Waals surface area contributed by atoms with Gasteiger partial charge >= 0.3 is 0 Å². The molecule has 0 bridgehead atoms. The van der Waals surface area contributed by atoms with Gasteiger partial charge < -0.3 is 0 Å². The van der Waals surface area contributed by atoms with Crippen molar-refractivity contribution in [2.75, 3.05) is 0 Å². The summed E-state index contributed by atoms with van der Waals surface area (Å²) in [6.07, 6.45) is 8.38. The van der Waals surface area contributed by atoms with Crippen LogP contribution in [0.2, 0.25) is 0 Å². The van der Waals surface area contributed by atoms with Gasteiger partial charge in [-0.3, -0.25) is 0 Å². The van der Waals surface area contributed by atoms with Crippen LogP contribution >= 0.6 is 0 Å². The molecule has 99 valence electrons. The topological polar surface area (TPSA) is 0 Å². The zero-order valence-corrected chi connectivity index (χ0v) is 12.1. The molecule has 0 saturated heterocycles. The molecule has 0 heteroatoms. The first-order valence-electron chi connectivity index (χ1n) is 7.04. The van der Waals surface area contributed by atoms with E-state index in [9.17, 15) is 0 Å². The zero-order valence-electron chi connectivity index (χ0n) is 12.1. The highest BCUT2D eigenvalue weighted by Crippen LogP contribution is 1.96. The zero-order chi connectivity index (χ0) is 14.0. The molecule has 0 aromatic heterocycles. The molecular formula is C19H23. The number of rotatable bonds is 4. The summed E-state index contributed by atoms with van der Waals surface area (Å²) in [6, 6.07) is 0. The third kappa shape index (κ3) is 16.2. The van der Waals surface area contributed by atoms with Gasteiger partial charge in [-0.05, 0) is 12.8 Å². The van der Waals surface area contributed by atoms with Crippen LogP contribution in [0.25, 0.3) is 0 Å². The molecule has 0 rings (SSSR count). The summed E-state index contributed by atoms with van der Waals surface area (Å²) in [7, 11) is 0. The average Bonchev–Trinajstić information content (AvgIpc) is 2.43. The average molecular weight is 251 g/mol. The molecule has 19 heavy (non-hydrogen) atoms. The monoisotopic (exact) mass is 251 g/mol. The summed E-state index contributed by atoms with van der Waals surface area (Å²) in [5.41, 5.74) is 0.